The van der Waals surface area contributed by atoms with E-state index in [9.17, 15) is 4.79 Å². The first kappa shape index (κ1) is 15.3. The standard InChI is InChI=1S/C18H18BrNO2/c19-17-6-2-4-14(10-17)16-7-8-20(12-16)11-13-3-1-5-15(9-13)18(21)22/h1-6,9-10,16H,7-8,11-12H2,(H,21,22). The second-order valence-corrected chi connectivity index (χ2v) is 6.70. The van der Waals surface area contributed by atoms with Crippen LogP contribution >= 0.6 is 15.9 Å². The van der Waals surface area contributed by atoms with Crippen molar-refractivity contribution in [2.24, 2.45) is 0 Å². The third-order valence-electron chi connectivity index (χ3n) is 4.17. The van der Waals surface area contributed by atoms with Crippen molar-refractivity contribution in [3.63, 3.8) is 0 Å². The van der Waals surface area contributed by atoms with E-state index in [0.717, 1.165) is 36.1 Å². The van der Waals surface area contributed by atoms with Gasteiger partial charge in [0.05, 0.1) is 5.56 Å². The van der Waals surface area contributed by atoms with E-state index < -0.39 is 5.97 Å². The molecule has 1 saturated heterocycles. The van der Waals surface area contributed by atoms with Gasteiger partial charge in [0.2, 0.25) is 0 Å². The summed E-state index contributed by atoms with van der Waals surface area (Å²) in [5, 5.41) is 9.07. The van der Waals surface area contributed by atoms with Gasteiger partial charge in [0.25, 0.3) is 0 Å². The average molecular weight is 360 g/mol. The summed E-state index contributed by atoms with van der Waals surface area (Å²) in [6.07, 6.45) is 1.15. The molecule has 3 nitrogen and oxygen atoms in total. The molecular weight excluding hydrogens is 342 g/mol. The van der Waals surface area contributed by atoms with Crippen molar-refractivity contribution in [3.05, 3.63) is 69.7 Å². The predicted octanol–water partition coefficient (Wildman–Crippen LogP) is 4.14. The number of carboxylic acid groups (broad SMARTS) is 1. The highest BCUT2D eigenvalue weighted by molar-refractivity contribution is 9.10. The quantitative estimate of drug-likeness (QED) is 0.891. The molecule has 2 aromatic rings. The van der Waals surface area contributed by atoms with Crippen molar-refractivity contribution in [3.8, 4) is 0 Å². The zero-order chi connectivity index (χ0) is 15.5. The Morgan fingerprint density at radius 1 is 1.23 bits per heavy atom. The number of carbonyl (C=O) groups is 1. The minimum absolute atomic E-state index is 0.361. The average Bonchev–Trinajstić information content (AvgIpc) is 2.96. The first-order chi connectivity index (χ1) is 10.6. The SMILES string of the molecule is O=C(O)c1cccc(CN2CCC(c3cccc(Br)c3)C2)c1. The molecule has 0 radical (unpaired) electrons. The molecule has 3 rings (SSSR count). The van der Waals surface area contributed by atoms with Gasteiger partial charge in [-0.3, -0.25) is 4.90 Å². The third-order valence-corrected chi connectivity index (χ3v) is 4.67. The fourth-order valence-electron chi connectivity index (χ4n) is 3.07. The highest BCUT2D eigenvalue weighted by atomic mass is 79.9. The first-order valence-electron chi connectivity index (χ1n) is 7.42. The van der Waals surface area contributed by atoms with E-state index in [1.807, 2.05) is 18.2 Å². The largest absolute Gasteiger partial charge is 0.478 e. The van der Waals surface area contributed by atoms with Gasteiger partial charge in [-0.1, -0.05) is 40.2 Å². The van der Waals surface area contributed by atoms with E-state index in [0.29, 0.717) is 11.5 Å². The minimum atomic E-state index is -0.865. The van der Waals surface area contributed by atoms with Crippen LogP contribution in [-0.4, -0.2) is 29.1 Å². The summed E-state index contributed by atoms with van der Waals surface area (Å²) >= 11 is 3.53. The molecule has 0 amide bonds. The molecular formula is C18H18BrNO2. The number of nitrogens with zero attached hydrogens (tertiary/aromatic N) is 1. The Balaban J connectivity index is 1.66. The second kappa shape index (κ2) is 6.63. The maximum atomic E-state index is 11.0. The fraction of sp³-hybridized carbons (Fsp3) is 0.278. The van der Waals surface area contributed by atoms with Gasteiger partial charge in [-0.05, 0) is 54.3 Å². The monoisotopic (exact) mass is 359 g/mol. The van der Waals surface area contributed by atoms with Crippen LogP contribution in [-0.2, 0) is 6.54 Å². The third kappa shape index (κ3) is 3.57. The number of halogens is 1. The summed E-state index contributed by atoms with van der Waals surface area (Å²) in [5.41, 5.74) is 2.80. The number of aromatic carboxylic acids is 1. The Hall–Kier alpha value is -1.65. The Bertz CT molecular complexity index is 686. The Labute approximate surface area is 138 Å². The van der Waals surface area contributed by atoms with Crippen LogP contribution in [0.3, 0.4) is 0 Å². The number of hydrogen-bond acceptors (Lipinski definition) is 2. The molecule has 114 valence electrons. The van der Waals surface area contributed by atoms with Gasteiger partial charge in [-0.15, -0.1) is 0 Å². The van der Waals surface area contributed by atoms with E-state index in [-0.39, 0.29) is 0 Å². The van der Waals surface area contributed by atoms with Crippen molar-refractivity contribution in [2.75, 3.05) is 13.1 Å². The molecule has 1 fully saturated rings. The molecule has 22 heavy (non-hydrogen) atoms. The number of likely N-dealkylation sites (tertiary alicyclic amines) is 1. The second-order valence-electron chi connectivity index (χ2n) is 5.78. The van der Waals surface area contributed by atoms with E-state index in [1.54, 1.807) is 12.1 Å². The lowest BCUT2D eigenvalue weighted by molar-refractivity contribution is 0.0696. The Kier molecular flexibility index (Phi) is 4.60. The van der Waals surface area contributed by atoms with Crippen LogP contribution in [0.25, 0.3) is 0 Å². The molecule has 4 heteroatoms. The van der Waals surface area contributed by atoms with E-state index in [2.05, 4.69) is 39.0 Å². The Morgan fingerprint density at radius 2 is 2.05 bits per heavy atom. The molecule has 0 bridgehead atoms. The zero-order valence-electron chi connectivity index (χ0n) is 12.2. The molecule has 1 unspecified atom stereocenters. The van der Waals surface area contributed by atoms with Crippen LogP contribution in [0, 0.1) is 0 Å². The van der Waals surface area contributed by atoms with Crippen molar-refractivity contribution < 1.29 is 9.90 Å². The minimum Gasteiger partial charge on any atom is -0.478 e. The van der Waals surface area contributed by atoms with Gasteiger partial charge >= 0.3 is 5.97 Å². The van der Waals surface area contributed by atoms with Crippen molar-refractivity contribution >= 4 is 21.9 Å². The van der Waals surface area contributed by atoms with E-state index >= 15 is 0 Å². The number of benzene rings is 2. The summed E-state index contributed by atoms with van der Waals surface area (Å²) in [5.74, 6) is -0.310. The highest BCUT2D eigenvalue weighted by Crippen LogP contribution is 2.29. The van der Waals surface area contributed by atoms with Crippen LogP contribution in [0.1, 0.15) is 33.8 Å². The summed E-state index contributed by atoms with van der Waals surface area (Å²) in [4.78, 5) is 13.4. The maximum absolute atomic E-state index is 11.0. The van der Waals surface area contributed by atoms with Gasteiger partial charge < -0.3 is 5.11 Å². The van der Waals surface area contributed by atoms with Gasteiger partial charge in [-0.2, -0.15) is 0 Å². The maximum Gasteiger partial charge on any atom is 0.335 e. The van der Waals surface area contributed by atoms with Crippen LogP contribution in [0.5, 0.6) is 0 Å². The summed E-state index contributed by atoms with van der Waals surface area (Å²) in [6.45, 7) is 2.88. The molecule has 1 N–H and O–H groups in total. The molecule has 0 aliphatic carbocycles. The molecule has 1 heterocycles. The van der Waals surface area contributed by atoms with Gasteiger partial charge in [0.15, 0.2) is 0 Å². The number of rotatable bonds is 4. The first-order valence-corrected chi connectivity index (χ1v) is 8.21. The van der Waals surface area contributed by atoms with Crippen LogP contribution in [0.2, 0.25) is 0 Å². The smallest absolute Gasteiger partial charge is 0.335 e. The van der Waals surface area contributed by atoms with Crippen molar-refractivity contribution in [2.45, 2.75) is 18.9 Å². The highest BCUT2D eigenvalue weighted by Gasteiger charge is 2.24. The van der Waals surface area contributed by atoms with Gasteiger partial charge in [0, 0.05) is 17.6 Å². The topological polar surface area (TPSA) is 40.5 Å². The molecule has 1 aliphatic rings. The lowest BCUT2D eigenvalue weighted by Gasteiger charge is -2.16. The lowest BCUT2D eigenvalue weighted by Crippen LogP contribution is -2.20. The molecule has 2 aromatic carbocycles. The van der Waals surface area contributed by atoms with E-state index in [4.69, 9.17) is 5.11 Å². The van der Waals surface area contributed by atoms with Crippen LogP contribution < -0.4 is 0 Å². The summed E-state index contributed by atoms with van der Waals surface area (Å²) in [7, 11) is 0. The van der Waals surface area contributed by atoms with Gasteiger partial charge in [0.1, 0.15) is 0 Å². The normalized spacial score (nSPS) is 18.5. The molecule has 0 saturated carbocycles. The van der Waals surface area contributed by atoms with Crippen LogP contribution in [0.4, 0.5) is 0 Å². The number of hydrogen-bond donors (Lipinski definition) is 1. The molecule has 1 atom stereocenters. The van der Waals surface area contributed by atoms with Crippen molar-refractivity contribution in [1.29, 1.82) is 0 Å². The Morgan fingerprint density at radius 3 is 2.82 bits per heavy atom. The molecule has 0 spiro atoms. The van der Waals surface area contributed by atoms with E-state index in [1.165, 1.54) is 5.56 Å². The van der Waals surface area contributed by atoms with Gasteiger partial charge in [-0.25, -0.2) is 4.79 Å². The summed E-state index contributed by atoms with van der Waals surface area (Å²) < 4.78 is 1.12. The predicted molar refractivity (Wildman–Crippen MR) is 90.2 cm³/mol. The molecule has 1 aliphatic heterocycles. The number of carboxylic acids is 1. The lowest BCUT2D eigenvalue weighted by atomic mass is 9.99. The molecule has 0 aromatic heterocycles. The fourth-order valence-corrected chi connectivity index (χ4v) is 3.49. The zero-order valence-corrected chi connectivity index (χ0v) is 13.8. The van der Waals surface area contributed by atoms with Crippen LogP contribution in [0.15, 0.2) is 53.0 Å². The van der Waals surface area contributed by atoms with Crippen molar-refractivity contribution in [1.82, 2.24) is 4.90 Å². The summed E-state index contributed by atoms with van der Waals surface area (Å²) in [6, 6.07) is 15.7.